The Hall–Kier alpha value is -1.66. The van der Waals surface area contributed by atoms with E-state index in [1.165, 1.54) is 6.20 Å². The van der Waals surface area contributed by atoms with Gasteiger partial charge in [0.15, 0.2) is 11.4 Å². The molecule has 0 radical (unpaired) electrons. The van der Waals surface area contributed by atoms with Gasteiger partial charge >= 0.3 is 5.97 Å². The van der Waals surface area contributed by atoms with Crippen LogP contribution in [-0.2, 0) is 18.0 Å². The van der Waals surface area contributed by atoms with E-state index in [1.54, 1.807) is 13.8 Å². The first-order valence-corrected chi connectivity index (χ1v) is 5.12. The van der Waals surface area contributed by atoms with E-state index in [0.717, 1.165) is 0 Å². The van der Waals surface area contributed by atoms with Crippen LogP contribution in [0.1, 0.15) is 35.5 Å². The number of aliphatic hydroxyl groups is 1. The van der Waals surface area contributed by atoms with Crippen LogP contribution in [0.2, 0.25) is 0 Å². The monoisotopic (exact) mass is 239 g/mol. The van der Waals surface area contributed by atoms with Gasteiger partial charge in [-0.25, -0.2) is 9.78 Å². The Labute approximate surface area is 97.8 Å². The molecule has 0 spiro atoms. The third kappa shape index (κ3) is 2.09. The van der Waals surface area contributed by atoms with Crippen LogP contribution < -0.4 is 4.74 Å². The fourth-order valence-electron chi connectivity index (χ4n) is 1.65. The van der Waals surface area contributed by atoms with Crippen molar-refractivity contribution in [1.82, 2.24) is 4.98 Å². The number of aliphatic hydroxyl groups excluding tert-OH is 1. The minimum atomic E-state index is -1.16. The van der Waals surface area contributed by atoms with Crippen molar-refractivity contribution in [2.75, 3.05) is 0 Å². The van der Waals surface area contributed by atoms with E-state index < -0.39 is 11.8 Å². The van der Waals surface area contributed by atoms with Crippen molar-refractivity contribution in [2.24, 2.45) is 0 Å². The molecule has 2 heterocycles. The number of rotatable bonds is 2. The zero-order valence-corrected chi connectivity index (χ0v) is 9.56. The summed E-state index contributed by atoms with van der Waals surface area (Å²) in [6.07, 6.45) is 1.33. The maximum atomic E-state index is 11.0. The lowest BCUT2D eigenvalue weighted by Crippen LogP contribution is -2.36. The number of hydrogen-bond donors (Lipinski definition) is 2. The number of carboxylic acid groups (broad SMARTS) is 1. The van der Waals surface area contributed by atoms with Crippen molar-refractivity contribution in [2.45, 2.75) is 32.8 Å². The lowest BCUT2D eigenvalue weighted by Gasteiger charge is -2.33. The Bertz CT molecular complexity index is 469. The van der Waals surface area contributed by atoms with Crippen LogP contribution in [-0.4, -0.2) is 27.0 Å². The van der Waals surface area contributed by atoms with Gasteiger partial charge in [0, 0.05) is 31.2 Å². The van der Waals surface area contributed by atoms with Crippen LogP contribution >= 0.6 is 0 Å². The van der Waals surface area contributed by atoms with E-state index >= 15 is 0 Å². The summed E-state index contributed by atoms with van der Waals surface area (Å²) < 4.78 is 10.9. The second kappa shape index (κ2) is 3.97. The van der Waals surface area contributed by atoms with Crippen LogP contribution in [0.3, 0.4) is 0 Å². The van der Waals surface area contributed by atoms with E-state index in [2.05, 4.69) is 4.98 Å². The minimum absolute atomic E-state index is 0.159. The largest absolute Gasteiger partial charge is 0.476 e. The summed E-state index contributed by atoms with van der Waals surface area (Å²) >= 11 is 0. The molecule has 0 atom stereocenters. The summed E-state index contributed by atoms with van der Waals surface area (Å²) in [5.41, 5.74) is 0.897. The number of hydrogen-bond acceptors (Lipinski definition) is 5. The van der Waals surface area contributed by atoms with Crippen LogP contribution in [0, 0.1) is 0 Å². The summed E-state index contributed by atoms with van der Waals surface area (Å²) in [5.74, 6) is -1.88. The summed E-state index contributed by atoms with van der Waals surface area (Å²) in [5, 5.41) is 18.2. The Kier molecular flexibility index (Phi) is 2.76. The van der Waals surface area contributed by atoms with Gasteiger partial charge in [-0.3, -0.25) is 0 Å². The molecule has 6 nitrogen and oxygen atoms in total. The number of aromatic nitrogens is 1. The Morgan fingerprint density at radius 1 is 1.59 bits per heavy atom. The molecule has 1 aromatic rings. The molecule has 92 valence electrons. The van der Waals surface area contributed by atoms with Gasteiger partial charge in [-0.05, 0) is 0 Å². The quantitative estimate of drug-likeness (QED) is 0.797. The maximum Gasteiger partial charge on any atom is 0.358 e. The van der Waals surface area contributed by atoms with Gasteiger partial charge < -0.3 is 19.7 Å². The molecule has 0 aliphatic carbocycles. The molecule has 2 rings (SSSR count). The molecule has 17 heavy (non-hydrogen) atoms. The molecule has 0 amide bonds. The van der Waals surface area contributed by atoms with Gasteiger partial charge in [-0.1, -0.05) is 0 Å². The van der Waals surface area contributed by atoms with Crippen molar-refractivity contribution < 1.29 is 24.5 Å². The van der Waals surface area contributed by atoms with Crippen molar-refractivity contribution in [3.05, 3.63) is 23.0 Å². The zero-order valence-electron chi connectivity index (χ0n) is 9.56. The summed E-state index contributed by atoms with van der Waals surface area (Å²) in [7, 11) is 0. The van der Waals surface area contributed by atoms with Crippen LogP contribution in [0.4, 0.5) is 0 Å². The molecule has 6 heteroatoms. The molecule has 0 saturated heterocycles. The summed E-state index contributed by atoms with van der Waals surface area (Å²) in [6.45, 7) is 3.34. The third-order valence-corrected chi connectivity index (χ3v) is 2.51. The van der Waals surface area contributed by atoms with Crippen LogP contribution in [0.5, 0.6) is 5.75 Å². The molecule has 1 aliphatic heterocycles. The molecule has 1 aliphatic rings. The lowest BCUT2D eigenvalue weighted by atomic mass is 10.1. The Balaban J connectivity index is 2.58. The average Bonchev–Trinajstić information content (AvgIpc) is 2.25. The maximum absolute atomic E-state index is 11.0. The molecule has 0 aromatic carbocycles. The first-order valence-electron chi connectivity index (χ1n) is 5.12. The summed E-state index contributed by atoms with van der Waals surface area (Å²) in [4.78, 5) is 14.8. The number of aromatic carboxylic acids is 1. The van der Waals surface area contributed by atoms with Gasteiger partial charge in [0.1, 0.15) is 0 Å². The lowest BCUT2D eigenvalue weighted by molar-refractivity contribution is -0.180. The highest BCUT2D eigenvalue weighted by molar-refractivity contribution is 5.89. The van der Waals surface area contributed by atoms with Gasteiger partial charge in [-0.2, -0.15) is 0 Å². The van der Waals surface area contributed by atoms with Gasteiger partial charge in [0.05, 0.1) is 13.2 Å². The van der Waals surface area contributed by atoms with Crippen LogP contribution in [0.25, 0.3) is 0 Å². The number of fused-ring (bicyclic) bond motifs is 1. The smallest absolute Gasteiger partial charge is 0.358 e. The molecule has 0 unspecified atom stereocenters. The standard InChI is InChI=1S/C11H13NO5/c1-11(2)16-5-7-6(4-13)3-12-8(10(14)15)9(7)17-11/h3,13H,4-5H2,1-2H3,(H,14,15). The fraction of sp³-hybridized carbons (Fsp3) is 0.455. The SMILES string of the molecule is CC1(C)OCc2c(CO)cnc(C(=O)O)c2O1. The van der Waals surface area contributed by atoms with Crippen molar-refractivity contribution in [3.63, 3.8) is 0 Å². The van der Waals surface area contributed by atoms with E-state index in [4.69, 9.17) is 19.7 Å². The molecule has 2 N–H and O–H groups in total. The van der Waals surface area contributed by atoms with Gasteiger partial charge in [-0.15, -0.1) is 0 Å². The molecule has 0 bridgehead atoms. The second-order valence-corrected chi connectivity index (χ2v) is 4.19. The highest BCUT2D eigenvalue weighted by Gasteiger charge is 2.33. The van der Waals surface area contributed by atoms with Crippen molar-refractivity contribution in [1.29, 1.82) is 0 Å². The number of pyridine rings is 1. The third-order valence-electron chi connectivity index (χ3n) is 2.51. The highest BCUT2D eigenvalue weighted by Crippen LogP contribution is 2.35. The molecule has 0 saturated carbocycles. The topological polar surface area (TPSA) is 88.9 Å². The highest BCUT2D eigenvalue weighted by atomic mass is 16.7. The second-order valence-electron chi connectivity index (χ2n) is 4.19. The molecular weight excluding hydrogens is 226 g/mol. The number of ether oxygens (including phenoxy) is 2. The predicted molar refractivity (Wildman–Crippen MR) is 56.6 cm³/mol. The van der Waals surface area contributed by atoms with E-state index in [1.807, 2.05) is 0 Å². The van der Waals surface area contributed by atoms with E-state index in [9.17, 15) is 4.79 Å². The number of nitrogens with zero attached hydrogens (tertiary/aromatic N) is 1. The minimum Gasteiger partial charge on any atom is -0.476 e. The van der Waals surface area contributed by atoms with Gasteiger partial charge in [0.2, 0.25) is 5.79 Å². The van der Waals surface area contributed by atoms with E-state index in [-0.39, 0.29) is 24.7 Å². The number of carbonyl (C=O) groups is 1. The zero-order chi connectivity index (χ0) is 12.6. The van der Waals surface area contributed by atoms with Crippen molar-refractivity contribution in [3.8, 4) is 5.75 Å². The summed E-state index contributed by atoms with van der Waals surface area (Å²) in [6, 6.07) is 0. The average molecular weight is 239 g/mol. The van der Waals surface area contributed by atoms with Crippen molar-refractivity contribution >= 4 is 5.97 Å². The predicted octanol–water partition coefficient (Wildman–Crippen LogP) is 0.917. The van der Waals surface area contributed by atoms with Gasteiger partial charge in [0.25, 0.3) is 0 Å². The number of carboxylic acids is 1. The van der Waals surface area contributed by atoms with Crippen LogP contribution in [0.15, 0.2) is 6.20 Å². The normalized spacial score (nSPS) is 17.1. The van der Waals surface area contributed by atoms with E-state index in [0.29, 0.717) is 11.1 Å². The molecular formula is C11H13NO5. The first kappa shape index (κ1) is 11.8. The fourth-order valence-corrected chi connectivity index (χ4v) is 1.65. The Morgan fingerprint density at radius 3 is 2.88 bits per heavy atom. The molecule has 1 aromatic heterocycles. The Morgan fingerprint density at radius 2 is 2.29 bits per heavy atom. The first-order chi connectivity index (χ1) is 7.94. The molecule has 0 fully saturated rings.